The highest BCUT2D eigenvalue weighted by atomic mass is 32.2. The monoisotopic (exact) mass is 501 g/mol. The third kappa shape index (κ3) is 4.58. The molecule has 0 radical (unpaired) electrons. The Hall–Kier alpha value is -4.08. The van der Waals surface area contributed by atoms with E-state index >= 15 is 0 Å². The summed E-state index contributed by atoms with van der Waals surface area (Å²) in [5, 5.41) is 16.2. The lowest BCUT2D eigenvalue weighted by Crippen LogP contribution is -2.34. The van der Waals surface area contributed by atoms with Crippen LogP contribution in [-0.2, 0) is 21.6 Å². The van der Waals surface area contributed by atoms with Crippen molar-refractivity contribution in [1.82, 2.24) is 9.88 Å². The molecule has 3 aromatic carbocycles. The Morgan fingerprint density at radius 3 is 2.11 bits per heavy atom. The number of anilines is 1. The maximum absolute atomic E-state index is 12.5. The number of carbonyl (C=O) groups is 2. The van der Waals surface area contributed by atoms with E-state index in [1.807, 2.05) is 48.5 Å². The summed E-state index contributed by atoms with van der Waals surface area (Å²) in [4.78, 5) is 24.5. The number of rotatable bonds is 7. The van der Waals surface area contributed by atoms with E-state index in [4.69, 9.17) is 4.52 Å². The lowest BCUT2D eigenvalue weighted by Gasteiger charge is -2.12. The van der Waals surface area contributed by atoms with E-state index in [1.54, 1.807) is 37.3 Å². The number of nitrogens with one attached hydrogen (secondary N) is 2. The van der Waals surface area contributed by atoms with E-state index in [0.29, 0.717) is 40.4 Å². The van der Waals surface area contributed by atoms with Crippen LogP contribution in [0.5, 0.6) is 0 Å². The maximum atomic E-state index is 12.5. The molecule has 1 unspecified atom stereocenters. The summed E-state index contributed by atoms with van der Waals surface area (Å²) < 4.78 is 20.3. The molecule has 2 amide bonds. The first-order valence-corrected chi connectivity index (χ1v) is 12.5. The van der Waals surface area contributed by atoms with Crippen molar-refractivity contribution in [3.05, 3.63) is 90.1 Å². The zero-order valence-corrected chi connectivity index (χ0v) is 20.2. The Bertz CT molecular complexity index is 1400. The summed E-state index contributed by atoms with van der Waals surface area (Å²) in [5.74, 6) is -0.390. The van der Waals surface area contributed by atoms with Crippen molar-refractivity contribution in [3.63, 3.8) is 0 Å². The number of nitrogens with zero attached hydrogens (tertiary/aromatic N) is 1. The molecule has 1 aromatic heterocycles. The van der Waals surface area contributed by atoms with Crippen molar-refractivity contribution < 1.29 is 23.8 Å². The number of aliphatic carboxylic acids is 1. The number of carboxylic acid groups (broad SMARTS) is 1. The highest BCUT2D eigenvalue weighted by Crippen LogP contribution is 2.48. The molecule has 3 N–H and O–H groups in total. The van der Waals surface area contributed by atoms with Gasteiger partial charge >= 0.3 is 12.0 Å². The predicted octanol–water partition coefficient (Wildman–Crippen LogP) is 5.28. The van der Waals surface area contributed by atoms with Gasteiger partial charge in [-0.2, -0.15) is 0 Å². The van der Waals surface area contributed by atoms with Crippen LogP contribution in [0.4, 0.5) is 10.5 Å². The number of carboxylic acids is 1. The second-order valence-electron chi connectivity index (χ2n) is 8.65. The predicted molar refractivity (Wildman–Crippen MR) is 136 cm³/mol. The Morgan fingerprint density at radius 1 is 0.944 bits per heavy atom. The third-order valence-electron chi connectivity index (χ3n) is 6.32. The van der Waals surface area contributed by atoms with Gasteiger partial charge in [-0.3, -0.25) is 10.1 Å². The topological polar surface area (TPSA) is 128 Å². The molecular formula is C27H23N3O5S. The van der Waals surface area contributed by atoms with Gasteiger partial charge in [0, 0.05) is 5.56 Å². The number of aryl methyl sites for hydroxylation is 1. The van der Waals surface area contributed by atoms with Gasteiger partial charge in [-0.25, -0.2) is 4.79 Å². The van der Waals surface area contributed by atoms with Gasteiger partial charge in [0.2, 0.25) is 0 Å². The van der Waals surface area contributed by atoms with Gasteiger partial charge in [0.25, 0.3) is 0 Å². The van der Waals surface area contributed by atoms with E-state index in [2.05, 4.69) is 15.2 Å². The lowest BCUT2D eigenvalue weighted by atomic mass is 9.93. The van der Waals surface area contributed by atoms with E-state index in [9.17, 15) is 19.2 Å². The average Bonchev–Trinajstić information content (AvgIpc) is 3.64. The molecule has 1 aliphatic carbocycles. The minimum Gasteiger partial charge on any atom is -0.588 e. The fourth-order valence-electron chi connectivity index (χ4n) is 4.09. The molecule has 1 atom stereocenters. The van der Waals surface area contributed by atoms with Crippen LogP contribution in [0, 0.1) is 6.92 Å². The molecule has 36 heavy (non-hydrogen) atoms. The summed E-state index contributed by atoms with van der Waals surface area (Å²) in [5.41, 5.74) is 3.59. The molecule has 9 heteroatoms. The fourth-order valence-corrected chi connectivity index (χ4v) is 4.83. The normalized spacial score (nSPS) is 14.6. The Morgan fingerprint density at radius 2 is 1.53 bits per heavy atom. The van der Waals surface area contributed by atoms with Gasteiger partial charge < -0.3 is 14.2 Å². The molecule has 0 aliphatic heterocycles. The highest BCUT2D eigenvalue weighted by Gasteiger charge is 2.51. The highest BCUT2D eigenvalue weighted by molar-refractivity contribution is 7.90. The Labute approximate surface area is 210 Å². The second kappa shape index (κ2) is 9.52. The number of benzene rings is 3. The van der Waals surface area contributed by atoms with Crippen molar-refractivity contribution in [2.24, 2.45) is 0 Å². The van der Waals surface area contributed by atoms with Gasteiger partial charge in [0.15, 0.2) is 10.7 Å². The van der Waals surface area contributed by atoms with E-state index in [0.717, 1.165) is 16.7 Å². The summed E-state index contributed by atoms with van der Waals surface area (Å²) >= 11 is -1.71. The van der Waals surface area contributed by atoms with Crippen LogP contribution in [0.25, 0.3) is 22.5 Å². The molecular weight excluding hydrogens is 478 g/mol. The number of urea groups is 1. The fraction of sp³-hybridized carbons (Fsp3) is 0.148. The number of hydrogen-bond acceptors (Lipinski definition) is 5. The average molecular weight is 502 g/mol. The van der Waals surface area contributed by atoms with Gasteiger partial charge in [-0.15, -0.1) is 4.72 Å². The Kier molecular flexibility index (Phi) is 6.26. The van der Waals surface area contributed by atoms with Crippen LogP contribution >= 0.6 is 0 Å². The summed E-state index contributed by atoms with van der Waals surface area (Å²) in [6.07, 6.45) is 1.34. The quantitative estimate of drug-likeness (QED) is 0.296. The molecule has 0 saturated heterocycles. The molecule has 0 bridgehead atoms. The van der Waals surface area contributed by atoms with Crippen molar-refractivity contribution in [1.29, 1.82) is 0 Å². The zero-order chi connectivity index (χ0) is 25.3. The van der Waals surface area contributed by atoms with Crippen molar-refractivity contribution in [2.75, 3.05) is 5.32 Å². The number of aromatic nitrogens is 1. The van der Waals surface area contributed by atoms with Crippen LogP contribution in [0.2, 0.25) is 0 Å². The second-order valence-corrected chi connectivity index (χ2v) is 9.87. The van der Waals surface area contributed by atoms with Crippen molar-refractivity contribution in [2.45, 2.75) is 30.1 Å². The molecule has 1 saturated carbocycles. The van der Waals surface area contributed by atoms with E-state index in [-0.39, 0.29) is 0 Å². The maximum Gasteiger partial charge on any atom is 0.361 e. The largest absolute Gasteiger partial charge is 0.588 e. The molecule has 182 valence electrons. The van der Waals surface area contributed by atoms with Crippen LogP contribution in [-0.4, -0.2) is 26.8 Å². The zero-order valence-electron chi connectivity index (χ0n) is 19.4. The number of carbonyl (C=O) groups excluding carboxylic acids is 1. The summed E-state index contributed by atoms with van der Waals surface area (Å²) in [7, 11) is 0. The van der Waals surface area contributed by atoms with Crippen LogP contribution in [0.3, 0.4) is 0 Å². The minimum absolute atomic E-state index is 0.382. The molecule has 5 rings (SSSR count). The van der Waals surface area contributed by atoms with Gasteiger partial charge in [-0.1, -0.05) is 71.9 Å². The molecule has 1 heterocycles. The SMILES string of the molecule is Cc1noc(-c2ccc(-c3ccc(C4(C(=O)O)CC4)cc3)cc2)c1NC(=O)N[S+]([O-])c1ccccc1. The van der Waals surface area contributed by atoms with Crippen LogP contribution < -0.4 is 10.0 Å². The van der Waals surface area contributed by atoms with E-state index < -0.39 is 28.8 Å². The van der Waals surface area contributed by atoms with Gasteiger partial charge in [-0.05, 0) is 48.6 Å². The molecule has 1 aliphatic rings. The first kappa shape index (κ1) is 23.7. The molecule has 8 nitrogen and oxygen atoms in total. The number of amides is 2. The minimum atomic E-state index is -1.71. The smallest absolute Gasteiger partial charge is 0.361 e. The van der Waals surface area contributed by atoms with Crippen molar-refractivity contribution in [3.8, 4) is 22.5 Å². The van der Waals surface area contributed by atoms with Gasteiger partial charge in [0.1, 0.15) is 22.7 Å². The Balaban J connectivity index is 1.30. The molecule has 4 aromatic rings. The summed E-state index contributed by atoms with van der Waals surface area (Å²) in [6, 6.07) is 23.1. The third-order valence-corrected chi connectivity index (χ3v) is 7.39. The van der Waals surface area contributed by atoms with Crippen LogP contribution in [0.1, 0.15) is 24.1 Å². The summed E-state index contributed by atoms with van der Waals surface area (Å²) in [6.45, 7) is 1.70. The first-order valence-electron chi connectivity index (χ1n) is 11.3. The van der Waals surface area contributed by atoms with Crippen LogP contribution in [0.15, 0.2) is 88.3 Å². The first-order chi connectivity index (χ1) is 17.4. The van der Waals surface area contributed by atoms with Crippen molar-refractivity contribution >= 4 is 29.0 Å². The molecule has 1 fully saturated rings. The molecule has 0 spiro atoms. The number of hydrogen-bond donors (Lipinski definition) is 3. The lowest BCUT2D eigenvalue weighted by molar-refractivity contribution is -0.140. The standard InChI is InChI=1S/C27H23N3O5S/c1-17-23(28-26(33)30-36(34)22-5-3-2-4-6-22)24(35-29-17)20-9-7-18(8-10-20)19-11-13-21(14-12-19)27(15-16-27)25(31)32/h2-14H,15-16H2,1H3,(H,31,32)(H2,28,30,33). The van der Waals surface area contributed by atoms with Gasteiger partial charge in [0.05, 0.1) is 5.41 Å². The van der Waals surface area contributed by atoms with E-state index in [1.165, 1.54) is 0 Å².